The van der Waals surface area contributed by atoms with Gasteiger partial charge in [0, 0.05) is 44.0 Å². The summed E-state index contributed by atoms with van der Waals surface area (Å²) < 4.78 is 2.09. The van der Waals surface area contributed by atoms with Gasteiger partial charge in [0.1, 0.15) is 0 Å². The highest BCUT2D eigenvalue weighted by Crippen LogP contribution is 2.24. The van der Waals surface area contributed by atoms with Crippen molar-refractivity contribution < 1.29 is 4.79 Å². The topological polar surface area (TPSA) is 70.5 Å². The van der Waals surface area contributed by atoms with E-state index in [4.69, 9.17) is 0 Å². The molecule has 2 atom stereocenters. The Hall–Kier alpha value is -1.98. The van der Waals surface area contributed by atoms with Crippen LogP contribution < -0.4 is 16.0 Å². The maximum absolute atomic E-state index is 12.2. The summed E-state index contributed by atoms with van der Waals surface area (Å²) in [7, 11) is 3.82. The molecule has 1 saturated carbocycles. The van der Waals surface area contributed by atoms with Gasteiger partial charge in [0.15, 0.2) is 5.96 Å². The molecule has 1 amide bonds. The van der Waals surface area contributed by atoms with E-state index in [-0.39, 0.29) is 17.9 Å². The molecular weight excluding hydrogens is 302 g/mol. The molecular formula is C18H31N5O. The molecule has 1 heterocycles. The van der Waals surface area contributed by atoms with Crippen LogP contribution in [0.3, 0.4) is 0 Å². The number of hydrogen-bond donors (Lipinski definition) is 3. The molecule has 2 rings (SSSR count). The second kappa shape index (κ2) is 8.76. The highest BCUT2D eigenvalue weighted by atomic mass is 16.1. The zero-order valence-corrected chi connectivity index (χ0v) is 15.3. The van der Waals surface area contributed by atoms with Crippen LogP contribution in [-0.2, 0) is 18.4 Å². The van der Waals surface area contributed by atoms with Crippen LogP contribution >= 0.6 is 0 Å². The van der Waals surface area contributed by atoms with Gasteiger partial charge in [0.2, 0.25) is 5.91 Å². The molecule has 0 radical (unpaired) electrons. The first kappa shape index (κ1) is 18.4. The predicted octanol–water partition coefficient (Wildman–Crippen LogP) is 1.77. The van der Waals surface area contributed by atoms with Gasteiger partial charge in [-0.3, -0.25) is 9.79 Å². The Labute approximate surface area is 145 Å². The molecule has 2 unspecified atom stereocenters. The van der Waals surface area contributed by atoms with Crippen LogP contribution in [0, 0.1) is 5.92 Å². The predicted molar refractivity (Wildman–Crippen MR) is 97.8 cm³/mol. The van der Waals surface area contributed by atoms with E-state index in [1.807, 2.05) is 33.2 Å². The van der Waals surface area contributed by atoms with Gasteiger partial charge in [-0.1, -0.05) is 6.42 Å². The Morgan fingerprint density at radius 2 is 2.21 bits per heavy atom. The van der Waals surface area contributed by atoms with Crippen LogP contribution in [0.4, 0.5) is 0 Å². The Balaban J connectivity index is 1.84. The average molecular weight is 333 g/mol. The number of aryl methyl sites for hydroxylation is 1. The summed E-state index contributed by atoms with van der Waals surface area (Å²) in [6.07, 6.45) is 6.03. The van der Waals surface area contributed by atoms with Gasteiger partial charge in [-0.25, -0.2) is 0 Å². The highest BCUT2D eigenvalue weighted by Gasteiger charge is 2.27. The molecule has 0 saturated heterocycles. The van der Waals surface area contributed by atoms with E-state index < -0.39 is 0 Å². The smallest absolute Gasteiger partial charge is 0.223 e. The molecule has 1 aliphatic rings. The van der Waals surface area contributed by atoms with Gasteiger partial charge >= 0.3 is 0 Å². The van der Waals surface area contributed by atoms with E-state index in [1.54, 1.807) is 7.05 Å². The van der Waals surface area contributed by atoms with E-state index >= 15 is 0 Å². The summed E-state index contributed by atoms with van der Waals surface area (Å²) in [5, 5.41) is 9.86. The third kappa shape index (κ3) is 5.28. The van der Waals surface area contributed by atoms with Crippen molar-refractivity contribution in [1.82, 2.24) is 20.5 Å². The average Bonchev–Trinajstić information content (AvgIpc) is 2.96. The minimum Gasteiger partial charge on any atom is -0.354 e. The zero-order chi connectivity index (χ0) is 17.5. The summed E-state index contributed by atoms with van der Waals surface area (Å²) >= 11 is 0. The maximum Gasteiger partial charge on any atom is 0.223 e. The molecule has 1 aromatic heterocycles. The Morgan fingerprint density at radius 3 is 2.83 bits per heavy atom. The molecule has 24 heavy (non-hydrogen) atoms. The lowest BCUT2D eigenvalue weighted by atomic mass is 9.85. The van der Waals surface area contributed by atoms with Gasteiger partial charge in [-0.2, -0.15) is 0 Å². The molecule has 0 spiro atoms. The summed E-state index contributed by atoms with van der Waals surface area (Å²) in [4.78, 5) is 16.6. The summed E-state index contributed by atoms with van der Waals surface area (Å²) in [6.45, 7) is 4.74. The van der Waals surface area contributed by atoms with Crippen LogP contribution in [0.5, 0.6) is 0 Å². The first-order chi connectivity index (χ1) is 11.5. The number of nitrogens with zero attached hydrogens (tertiary/aromatic N) is 2. The van der Waals surface area contributed by atoms with Crippen LogP contribution in [0.2, 0.25) is 0 Å². The molecule has 1 aliphatic carbocycles. The van der Waals surface area contributed by atoms with E-state index in [0.29, 0.717) is 6.04 Å². The number of amides is 1. The Kier molecular flexibility index (Phi) is 6.70. The van der Waals surface area contributed by atoms with Crippen molar-refractivity contribution in [3.8, 4) is 0 Å². The van der Waals surface area contributed by atoms with Crippen molar-refractivity contribution in [2.75, 3.05) is 7.05 Å². The van der Waals surface area contributed by atoms with E-state index in [0.717, 1.165) is 38.2 Å². The zero-order valence-electron chi connectivity index (χ0n) is 15.3. The minimum absolute atomic E-state index is 0.102. The number of carbonyl (C=O) groups excluding carboxylic acids is 1. The van der Waals surface area contributed by atoms with Crippen molar-refractivity contribution in [1.29, 1.82) is 0 Å². The monoisotopic (exact) mass is 333 g/mol. The first-order valence-corrected chi connectivity index (χ1v) is 8.87. The Morgan fingerprint density at radius 1 is 1.42 bits per heavy atom. The number of nitrogens with one attached hydrogen (secondary N) is 3. The molecule has 0 bridgehead atoms. The Bertz CT molecular complexity index is 564. The number of guanidine groups is 1. The molecule has 6 nitrogen and oxygen atoms in total. The van der Waals surface area contributed by atoms with Gasteiger partial charge in [-0.15, -0.1) is 0 Å². The fourth-order valence-electron chi connectivity index (χ4n) is 3.20. The molecule has 1 aromatic rings. The standard InChI is InChI=1S/C18H31N5O/c1-13(2)21-17(24)14-7-5-8-15(11-14)22-18(19-3)20-12-16-9-6-10-23(16)4/h6,9-10,13-15H,5,7-8,11-12H2,1-4H3,(H,21,24)(H2,19,20,22). The lowest BCUT2D eigenvalue weighted by Gasteiger charge is -2.30. The molecule has 3 N–H and O–H groups in total. The second-order valence-corrected chi connectivity index (χ2v) is 6.90. The molecule has 134 valence electrons. The van der Waals surface area contributed by atoms with Crippen molar-refractivity contribution in [2.45, 2.75) is 58.2 Å². The quantitative estimate of drug-likeness (QED) is 0.568. The number of aromatic nitrogens is 1. The lowest BCUT2D eigenvalue weighted by Crippen LogP contribution is -2.47. The molecule has 1 fully saturated rings. The molecule has 0 aliphatic heterocycles. The van der Waals surface area contributed by atoms with Gasteiger partial charge in [-0.05, 0) is 45.2 Å². The normalized spacial score (nSPS) is 21.6. The summed E-state index contributed by atoms with van der Waals surface area (Å²) in [6, 6.07) is 4.62. The SMILES string of the molecule is CN=C(NCc1cccn1C)NC1CCCC(C(=O)NC(C)C)C1. The molecule has 6 heteroatoms. The maximum atomic E-state index is 12.2. The van der Waals surface area contributed by atoms with Crippen molar-refractivity contribution >= 4 is 11.9 Å². The van der Waals surface area contributed by atoms with Crippen molar-refractivity contribution in [2.24, 2.45) is 18.0 Å². The van der Waals surface area contributed by atoms with Crippen LogP contribution in [0.1, 0.15) is 45.2 Å². The number of hydrogen-bond acceptors (Lipinski definition) is 2. The highest BCUT2D eigenvalue weighted by molar-refractivity contribution is 5.81. The lowest BCUT2D eigenvalue weighted by molar-refractivity contribution is -0.126. The minimum atomic E-state index is 0.102. The summed E-state index contributed by atoms with van der Waals surface area (Å²) in [5.41, 5.74) is 1.20. The van der Waals surface area contributed by atoms with E-state index in [1.165, 1.54) is 5.69 Å². The molecule has 0 aromatic carbocycles. The third-order valence-corrected chi connectivity index (χ3v) is 4.53. The number of rotatable bonds is 5. The first-order valence-electron chi connectivity index (χ1n) is 8.87. The van der Waals surface area contributed by atoms with E-state index in [9.17, 15) is 4.79 Å². The van der Waals surface area contributed by atoms with Crippen LogP contribution in [0.25, 0.3) is 0 Å². The van der Waals surface area contributed by atoms with Gasteiger partial charge in [0.05, 0.1) is 6.54 Å². The summed E-state index contributed by atoms with van der Waals surface area (Å²) in [5.74, 6) is 1.08. The number of carbonyl (C=O) groups is 1. The number of aliphatic imine (C=N–C) groups is 1. The van der Waals surface area contributed by atoms with Crippen molar-refractivity contribution in [3.05, 3.63) is 24.0 Å². The fraction of sp³-hybridized carbons (Fsp3) is 0.667. The van der Waals surface area contributed by atoms with Crippen molar-refractivity contribution in [3.63, 3.8) is 0 Å². The second-order valence-electron chi connectivity index (χ2n) is 6.90. The van der Waals surface area contributed by atoms with Crippen LogP contribution in [-0.4, -0.2) is 35.6 Å². The van der Waals surface area contributed by atoms with Crippen LogP contribution in [0.15, 0.2) is 23.3 Å². The third-order valence-electron chi connectivity index (χ3n) is 4.53. The fourth-order valence-corrected chi connectivity index (χ4v) is 3.20. The van der Waals surface area contributed by atoms with E-state index in [2.05, 4.69) is 31.6 Å². The van der Waals surface area contributed by atoms with Gasteiger partial charge < -0.3 is 20.5 Å². The van der Waals surface area contributed by atoms with Gasteiger partial charge in [0.25, 0.3) is 0 Å². The largest absolute Gasteiger partial charge is 0.354 e.